The number of carbonyl (C=O) groups is 1. The number of carbonyl (C=O) groups excluding carboxylic acids is 1. The van der Waals surface area contributed by atoms with E-state index in [-0.39, 0.29) is 41.1 Å². The van der Waals surface area contributed by atoms with Gasteiger partial charge in [-0.2, -0.15) is 0 Å². The summed E-state index contributed by atoms with van der Waals surface area (Å²) in [4.78, 5) is 30.8. The monoisotopic (exact) mass is 507 g/mol. The second-order valence-corrected chi connectivity index (χ2v) is 10.9. The van der Waals surface area contributed by atoms with Gasteiger partial charge in [-0.25, -0.2) is 4.98 Å². The van der Waals surface area contributed by atoms with Crippen molar-refractivity contribution < 1.29 is 9.53 Å². The quantitative estimate of drug-likeness (QED) is 0.378. The third-order valence-corrected chi connectivity index (χ3v) is 7.26. The third kappa shape index (κ3) is 6.35. The summed E-state index contributed by atoms with van der Waals surface area (Å²) < 4.78 is 6.84. The van der Waals surface area contributed by atoms with Gasteiger partial charge >= 0.3 is 5.97 Å². The molecule has 0 atom stereocenters. The summed E-state index contributed by atoms with van der Waals surface area (Å²) in [6, 6.07) is 18.9. The van der Waals surface area contributed by atoms with Crippen molar-refractivity contribution >= 4 is 23.4 Å². The molecule has 6 nitrogen and oxygen atoms in total. The molecule has 2 aromatic carbocycles. The number of esters is 1. The molecule has 0 unspecified atom stereocenters. The lowest BCUT2D eigenvalue weighted by Gasteiger charge is -2.37. The van der Waals surface area contributed by atoms with Crippen LogP contribution in [-0.4, -0.2) is 21.6 Å². The van der Waals surface area contributed by atoms with Crippen molar-refractivity contribution in [3.63, 3.8) is 0 Å². The Bertz CT molecular complexity index is 1230. The summed E-state index contributed by atoms with van der Waals surface area (Å²) in [7, 11) is 0. The van der Waals surface area contributed by atoms with Crippen molar-refractivity contribution in [3.8, 4) is 11.3 Å². The second-order valence-electron chi connectivity index (χ2n) is 10.6. The van der Waals surface area contributed by atoms with Gasteiger partial charge in [-0.3, -0.25) is 14.2 Å². The fourth-order valence-corrected chi connectivity index (χ4v) is 5.16. The number of hydrogen-bond acceptors (Lipinski definition) is 5. The predicted octanol–water partition coefficient (Wildman–Crippen LogP) is 6.32. The molecule has 190 valence electrons. The molecular formula is C29H34ClN3O3. The van der Waals surface area contributed by atoms with Crippen molar-refractivity contribution in [2.75, 3.05) is 5.32 Å². The van der Waals surface area contributed by atoms with E-state index in [4.69, 9.17) is 16.3 Å². The lowest BCUT2D eigenvalue weighted by molar-refractivity contribution is -0.145. The van der Waals surface area contributed by atoms with E-state index < -0.39 is 5.97 Å². The van der Waals surface area contributed by atoms with E-state index in [1.807, 2.05) is 60.7 Å². The lowest BCUT2D eigenvalue weighted by Crippen LogP contribution is -2.36. The van der Waals surface area contributed by atoms with Crippen LogP contribution in [0.25, 0.3) is 11.3 Å². The number of aromatic nitrogens is 2. The first-order chi connectivity index (χ1) is 17.2. The van der Waals surface area contributed by atoms with Crippen LogP contribution >= 0.6 is 11.6 Å². The maximum atomic E-state index is 13.6. The van der Waals surface area contributed by atoms with E-state index >= 15 is 0 Å². The molecule has 1 aliphatic carbocycles. The number of nitrogens with one attached hydrogen (secondary N) is 1. The Labute approximate surface area is 217 Å². The molecule has 0 saturated heterocycles. The number of nitrogens with zero attached hydrogens (tertiary/aromatic N) is 2. The molecule has 36 heavy (non-hydrogen) atoms. The maximum absolute atomic E-state index is 13.6. The molecule has 0 amide bonds. The van der Waals surface area contributed by atoms with Gasteiger partial charge in [0.15, 0.2) is 11.0 Å². The molecular weight excluding hydrogens is 474 g/mol. The fraction of sp³-hybridized carbons (Fsp3) is 0.414. The Morgan fingerprint density at radius 3 is 2.25 bits per heavy atom. The van der Waals surface area contributed by atoms with Crippen LogP contribution in [-0.2, 0) is 22.7 Å². The normalized spacial score (nSPS) is 18.0. The molecule has 1 heterocycles. The highest BCUT2D eigenvalue weighted by molar-refractivity contribution is 6.32. The zero-order chi connectivity index (χ0) is 25.7. The first-order valence-electron chi connectivity index (χ1n) is 12.5. The molecule has 7 heteroatoms. The van der Waals surface area contributed by atoms with Crippen LogP contribution in [0, 0.1) is 11.3 Å². The third-order valence-electron chi connectivity index (χ3n) is 6.99. The van der Waals surface area contributed by atoms with Gasteiger partial charge in [-0.15, -0.1) is 0 Å². The maximum Gasteiger partial charge on any atom is 0.326 e. The van der Waals surface area contributed by atoms with Crippen LogP contribution < -0.4 is 10.9 Å². The van der Waals surface area contributed by atoms with E-state index in [1.165, 1.54) is 4.57 Å². The van der Waals surface area contributed by atoms with Crippen LogP contribution in [0.1, 0.15) is 52.0 Å². The largest absolute Gasteiger partial charge is 0.459 e. The van der Waals surface area contributed by atoms with E-state index in [0.29, 0.717) is 17.2 Å². The molecule has 1 N–H and O–H groups in total. The van der Waals surface area contributed by atoms with Crippen molar-refractivity contribution in [1.82, 2.24) is 9.55 Å². The van der Waals surface area contributed by atoms with Crippen molar-refractivity contribution in [2.45, 2.75) is 65.6 Å². The predicted molar refractivity (Wildman–Crippen MR) is 144 cm³/mol. The number of hydrogen-bond donors (Lipinski definition) is 1. The Balaban J connectivity index is 1.58. The summed E-state index contributed by atoms with van der Waals surface area (Å²) in [5.74, 6) is 0.315. The van der Waals surface area contributed by atoms with Crippen molar-refractivity contribution in [2.24, 2.45) is 11.3 Å². The first kappa shape index (κ1) is 26.0. The van der Waals surface area contributed by atoms with E-state index in [2.05, 4.69) is 31.1 Å². The number of rotatable bonds is 7. The van der Waals surface area contributed by atoms with Crippen molar-refractivity contribution in [1.29, 1.82) is 0 Å². The lowest BCUT2D eigenvalue weighted by atomic mass is 9.71. The Hall–Kier alpha value is -3.12. The van der Waals surface area contributed by atoms with Gasteiger partial charge in [-0.05, 0) is 42.6 Å². The Morgan fingerprint density at radius 1 is 1.03 bits per heavy atom. The van der Waals surface area contributed by atoms with Crippen LogP contribution in [0.5, 0.6) is 0 Å². The number of anilines is 1. The first-order valence-corrected chi connectivity index (χ1v) is 12.9. The van der Waals surface area contributed by atoms with Gasteiger partial charge in [0.25, 0.3) is 5.56 Å². The summed E-state index contributed by atoms with van der Waals surface area (Å²) in [5, 5.41) is 3.50. The van der Waals surface area contributed by atoms with Crippen LogP contribution in [0.15, 0.2) is 65.5 Å². The minimum absolute atomic E-state index is 0.135. The van der Waals surface area contributed by atoms with Gasteiger partial charge < -0.3 is 10.1 Å². The SMILES string of the molecule is CC(C)(C)C1CCC(Nc2nc(Cl)c(-c3ccccc3)n(CC(=O)OCc3ccccc3)c2=O)CC1. The number of ether oxygens (including phenoxy) is 1. The van der Waals surface area contributed by atoms with E-state index in [0.717, 1.165) is 31.2 Å². The summed E-state index contributed by atoms with van der Waals surface area (Å²) in [6.07, 6.45) is 4.11. The van der Waals surface area contributed by atoms with E-state index in [1.54, 1.807) is 0 Å². The Kier molecular flexibility index (Phi) is 8.14. The standard InChI is InChI=1S/C29H34ClN3O3/c1-29(2,3)22-14-16-23(17-15-22)31-27-28(35)33(18-24(34)36-19-20-10-6-4-7-11-20)25(26(30)32-27)21-12-8-5-9-13-21/h4-13,22-23H,14-19H2,1-3H3,(H,31,32). The molecule has 0 bridgehead atoms. The molecule has 1 fully saturated rings. The summed E-state index contributed by atoms with van der Waals surface area (Å²) in [6.45, 7) is 6.72. The van der Waals surface area contributed by atoms with Crippen LogP contribution in [0.4, 0.5) is 5.82 Å². The molecule has 3 aromatic rings. The van der Waals surface area contributed by atoms with Gasteiger partial charge in [0.1, 0.15) is 13.2 Å². The molecule has 1 saturated carbocycles. The summed E-state index contributed by atoms with van der Waals surface area (Å²) in [5.41, 5.74) is 1.88. The smallest absolute Gasteiger partial charge is 0.326 e. The molecule has 4 rings (SSSR count). The number of benzene rings is 2. The second kappa shape index (κ2) is 11.3. The zero-order valence-corrected chi connectivity index (χ0v) is 21.9. The highest BCUT2D eigenvalue weighted by Gasteiger charge is 2.30. The average molecular weight is 508 g/mol. The van der Waals surface area contributed by atoms with Gasteiger partial charge in [0.05, 0.1) is 5.69 Å². The topological polar surface area (TPSA) is 73.2 Å². The minimum Gasteiger partial charge on any atom is -0.459 e. The molecule has 0 aliphatic heterocycles. The highest BCUT2D eigenvalue weighted by Crippen LogP contribution is 2.38. The fourth-order valence-electron chi connectivity index (χ4n) is 4.87. The van der Waals surface area contributed by atoms with Crippen LogP contribution in [0.2, 0.25) is 5.15 Å². The van der Waals surface area contributed by atoms with Gasteiger partial charge in [0, 0.05) is 11.6 Å². The highest BCUT2D eigenvalue weighted by atomic mass is 35.5. The van der Waals surface area contributed by atoms with Gasteiger partial charge in [-0.1, -0.05) is 93.0 Å². The number of halogens is 1. The minimum atomic E-state index is -0.517. The molecule has 1 aliphatic rings. The van der Waals surface area contributed by atoms with E-state index in [9.17, 15) is 9.59 Å². The van der Waals surface area contributed by atoms with Crippen molar-refractivity contribution in [3.05, 3.63) is 81.7 Å². The van der Waals surface area contributed by atoms with Gasteiger partial charge in [0.2, 0.25) is 0 Å². The summed E-state index contributed by atoms with van der Waals surface area (Å²) >= 11 is 6.64. The molecule has 1 aromatic heterocycles. The van der Waals surface area contributed by atoms with Crippen LogP contribution in [0.3, 0.4) is 0 Å². The molecule has 0 spiro atoms. The average Bonchev–Trinajstić information content (AvgIpc) is 2.87. The Morgan fingerprint density at radius 2 is 1.64 bits per heavy atom. The zero-order valence-electron chi connectivity index (χ0n) is 21.2. The molecule has 0 radical (unpaired) electrons.